The van der Waals surface area contributed by atoms with E-state index < -0.39 is 8.32 Å². The van der Waals surface area contributed by atoms with Crippen LogP contribution in [-0.2, 0) is 4.43 Å². The van der Waals surface area contributed by atoms with Crippen molar-refractivity contribution in [2.24, 2.45) is 0 Å². The van der Waals surface area contributed by atoms with Crippen molar-refractivity contribution in [3.8, 4) is 0 Å². The van der Waals surface area contributed by atoms with Crippen molar-refractivity contribution in [3.05, 3.63) is 12.2 Å². The van der Waals surface area contributed by atoms with Gasteiger partial charge in [-0.2, -0.15) is 0 Å². The molecule has 96 valence electrons. The number of hydrogen-bond acceptors (Lipinski definition) is 1. The Kier molecular flexibility index (Phi) is 7.61. The van der Waals surface area contributed by atoms with E-state index in [1.807, 2.05) is 6.08 Å². The maximum Gasteiger partial charge on any atom is 0.191 e. The summed E-state index contributed by atoms with van der Waals surface area (Å²) in [4.78, 5) is 0. The maximum absolute atomic E-state index is 6.09. The summed E-state index contributed by atoms with van der Waals surface area (Å²) >= 11 is 5.55. The molecule has 0 unspecified atom stereocenters. The van der Waals surface area contributed by atoms with Gasteiger partial charge in [-0.15, -0.1) is 11.6 Å². The fourth-order valence-corrected chi connectivity index (χ4v) is 2.30. The molecular formula is C13H27ClOSi. The van der Waals surface area contributed by atoms with E-state index in [0.717, 1.165) is 19.4 Å². The molecule has 0 aromatic rings. The van der Waals surface area contributed by atoms with Gasteiger partial charge in [0.1, 0.15) is 0 Å². The zero-order valence-corrected chi connectivity index (χ0v) is 13.2. The van der Waals surface area contributed by atoms with E-state index in [2.05, 4.69) is 39.9 Å². The largest absolute Gasteiger partial charge is 0.417 e. The van der Waals surface area contributed by atoms with Gasteiger partial charge in [-0.3, -0.25) is 0 Å². The summed E-state index contributed by atoms with van der Waals surface area (Å²) in [5.74, 6) is 0.625. The Bertz CT molecular complexity index is 206. The minimum atomic E-state index is -1.52. The van der Waals surface area contributed by atoms with Crippen LogP contribution in [0.2, 0.25) is 18.1 Å². The molecule has 0 aliphatic rings. The normalized spacial score (nSPS) is 13.6. The van der Waals surface area contributed by atoms with Gasteiger partial charge in [0.15, 0.2) is 8.32 Å². The quantitative estimate of drug-likeness (QED) is 0.272. The predicted octanol–water partition coefficient (Wildman–Crippen LogP) is 4.97. The van der Waals surface area contributed by atoms with Crippen LogP contribution >= 0.6 is 11.6 Å². The smallest absolute Gasteiger partial charge is 0.191 e. The van der Waals surface area contributed by atoms with Gasteiger partial charge in [0, 0.05) is 12.5 Å². The Hall–Kier alpha value is 0.207. The van der Waals surface area contributed by atoms with Crippen LogP contribution in [0.15, 0.2) is 12.2 Å². The van der Waals surface area contributed by atoms with Crippen LogP contribution < -0.4 is 0 Å². The fraction of sp³-hybridized carbons (Fsp3) is 0.846. The zero-order valence-electron chi connectivity index (χ0n) is 11.5. The third kappa shape index (κ3) is 6.72. The Balaban J connectivity index is 3.63. The average Bonchev–Trinajstić information content (AvgIpc) is 2.14. The first-order valence-electron chi connectivity index (χ1n) is 6.16. The third-order valence-corrected chi connectivity index (χ3v) is 8.01. The SMILES string of the molecule is CC(C)(C)[Si](C)(C)OCCCC/C=C\CCl. The molecule has 0 atom stereocenters. The molecule has 0 heterocycles. The number of rotatable bonds is 7. The lowest BCUT2D eigenvalue weighted by Gasteiger charge is -2.36. The standard InChI is InChI=1S/C13H27ClOSi/c1-13(2,3)16(4,5)15-12-10-8-6-7-9-11-14/h7,9H,6,8,10-12H2,1-5H3/b9-7-. The molecule has 0 fully saturated rings. The molecule has 0 rings (SSSR count). The molecule has 0 bridgehead atoms. The molecule has 0 saturated carbocycles. The van der Waals surface area contributed by atoms with Gasteiger partial charge in [0.2, 0.25) is 0 Å². The van der Waals surface area contributed by atoms with Gasteiger partial charge >= 0.3 is 0 Å². The minimum absolute atomic E-state index is 0.325. The molecule has 0 aliphatic carbocycles. The van der Waals surface area contributed by atoms with E-state index in [1.54, 1.807) is 0 Å². The second kappa shape index (κ2) is 7.52. The van der Waals surface area contributed by atoms with Gasteiger partial charge in [-0.1, -0.05) is 32.9 Å². The fourth-order valence-electron chi connectivity index (χ4n) is 1.09. The van der Waals surface area contributed by atoms with Crippen molar-refractivity contribution < 1.29 is 4.43 Å². The molecule has 0 amide bonds. The van der Waals surface area contributed by atoms with Crippen LogP contribution in [0.5, 0.6) is 0 Å². The Morgan fingerprint density at radius 2 is 1.75 bits per heavy atom. The highest BCUT2D eigenvalue weighted by molar-refractivity contribution is 6.74. The Labute approximate surface area is 107 Å². The van der Waals surface area contributed by atoms with Crippen LogP contribution in [0.25, 0.3) is 0 Å². The molecule has 0 N–H and O–H groups in total. The zero-order chi connectivity index (χ0) is 12.7. The van der Waals surface area contributed by atoms with Gasteiger partial charge in [-0.05, 0) is 37.4 Å². The Morgan fingerprint density at radius 3 is 2.25 bits per heavy atom. The van der Waals surface area contributed by atoms with Crippen molar-refractivity contribution in [3.63, 3.8) is 0 Å². The summed E-state index contributed by atoms with van der Waals surface area (Å²) in [7, 11) is -1.52. The molecule has 0 aromatic carbocycles. The summed E-state index contributed by atoms with van der Waals surface area (Å²) in [5.41, 5.74) is 0. The van der Waals surface area contributed by atoms with Crippen LogP contribution in [0, 0.1) is 0 Å². The summed E-state index contributed by atoms with van der Waals surface area (Å²) in [5, 5.41) is 0.325. The first-order valence-corrected chi connectivity index (χ1v) is 9.60. The maximum atomic E-state index is 6.09. The highest BCUT2D eigenvalue weighted by atomic mass is 35.5. The van der Waals surface area contributed by atoms with Gasteiger partial charge in [0.25, 0.3) is 0 Å². The van der Waals surface area contributed by atoms with Crippen molar-refractivity contribution in [2.45, 2.75) is 58.2 Å². The number of hydrogen-bond donors (Lipinski definition) is 0. The first-order chi connectivity index (χ1) is 7.31. The van der Waals surface area contributed by atoms with Crippen molar-refractivity contribution in [2.75, 3.05) is 12.5 Å². The molecule has 0 spiro atoms. The minimum Gasteiger partial charge on any atom is -0.417 e. The Morgan fingerprint density at radius 1 is 1.12 bits per heavy atom. The van der Waals surface area contributed by atoms with Crippen LogP contribution in [0.1, 0.15) is 40.0 Å². The van der Waals surface area contributed by atoms with Gasteiger partial charge in [0.05, 0.1) is 0 Å². The summed E-state index contributed by atoms with van der Waals surface area (Å²) in [6.07, 6.45) is 7.63. The van der Waals surface area contributed by atoms with Crippen molar-refractivity contribution in [1.29, 1.82) is 0 Å². The van der Waals surface area contributed by atoms with E-state index in [0.29, 0.717) is 10.9 Å². The number of alkyl halides is 1. The lowest BCUT2D eigenvalue weighted by Crippen LogP contribution is -2.40. The van der Waals surface area contributed by atoms with E-state index in [9.17, 15) is 0 Å². The highest BCUT2D eigenvalue weighted by Gasteiger charge is 2.36. The molecule has 0 saturated heterocycles. The van der Waals surface area contributed by atoms with Gasteiger partial charge < -0.3 is 4.43 Å². The molecule has 1 nitrogen and oxygen atoms in total. The van der Waals surface area contributed by atoms with Crippen molar-refractivity contribution >= 4 is 19.9 Å². The number of unbranched alkanes of at least 4 members (excludes halogenated alkanes) is 2. The highest BCUT2D eigenvalue weighted by Crippen LogP contribution is 2.36. The molecule has 0 aliphatic heterocycles. The van der Waals surface area contributed by atoms with E-state index in [1.165, 1.54) is 6.42 Å². The van der Waals surface area contributed by atoms with E-state index in [-0.39, 0.29) is 0 Å². The van der Waals surface area contributed by atoms with Crippen molar-refractivity contribution in [1.82, 2.24) is 0 Å². The molecule has 0 aromatic heterocycles. The second-order valence-corrected chi connectivity index (χ2v) is 10.8. The first kappa shape index (κ1) is 16.2. The summed E-state index contributed by atoms with van der Waals surface area (Å²) in [6, 6.07) is 0. The lowest BCUT2D eigenvalue weighted by atomic mass is 10.2. The lowest BCUT2D eigenvalue weighted by molar-refractivity contribution is 0.279. The van der Waals surface area contributed by atoms with Crippen LogP contribution in [-0.4, -0.2) is 20.8 Å². The summed E-state index contributed by atoms with van der Waals surface area (Å²) in [6.45, 7) is 12.4. The molecule has 16 heavy (non-hydrogen) atoms. The second-order valence-electron chi connectivity index (χ2n) is 5.73. The van der Waals surface area contributed by atoms with E-state index >= 15 is 0 Å². The van der Waals surface area contributed by atoms with E-state index in [4.69, 9.17) is 16.0 Å². The average molecular weight is 263 g/mol. The number of halogens is 1. The monoisotopic (exact) mass is 262 g/mol. The van der Waals surface area contributed by atoms with Gasteiger partial charge in [-0.25, -0.2) is 0 Å². The summed E-state index contributed by atoms with van der Waals surface area (Å²) < 4.78 is 6.09. The van der Waals surface area contributed by atoms with Crippen LogP contribution in [0.3, 0.4) is 0 Å². The number of allylic oxidation sites excluding steroid dienone is 2. The van der Waals surface area contributed by atoms with Crippen LogP contribution in [0.4, 0.5) is 0 Å². The topological polar surface area (TPSA) is 9.23 Å². The predicted molar refractivity (Wildman–Crippen MR) is 76.9 cm³/mol. The third-order valence-electron chi connectivity index (χ3n) is 3.29. The molecule has 0 radical (unpaired) electrons. The molecular weight excluding hydrogens is 236 g/mol. The molecule has 3 heteroatoms.